The number of hydrogen-bond donors (Lipinski definition) is 0. The van der Waals surface area contributed by atoms with Crippen LogP contribution in [0.3, 0.4) is 0 Å². The number of esters is 2. The van der Waals surface area contributed by atoms with Crippen LogP contribution in [0.5, 0.6) is 0 Å². The highest BCUT2D eigenvalue weighted by atomic mass is 16.7. The first-order valence-electron chi connectivity index (χ1n) is 10.8. The van der Waals surface area contributed by atoms with Crippen molar-refractivity contribution in [1.29, 1.82) is 5.26 Å². The second-order valence-corrected chi connectivity index (χ2v) is 7.02. The summed E-state index contributed by atoms with van der Waals surface area (Å²) >= 11 is 0. The van der Waals surface area contributed by atoms with Crippen LogP contribution in [0.2, 0.25) is 0 Å². The molecule has 3 unspecified atom stereocenters. The molecule has 0 aromatic rings. The summed E-state index contributed by atoms with van der Waals surface area (Å²) < 4.78 is 14.3. The summed E-state index contributed by atoms with van der Waals surface area (Å²) in [6, 6.07) is 1.69. The van der Waals surface area contributed by atoms with E-state index in [1.165, 1.54) is 31.4 Å². The van der Waals surface area contributed by atoms with Gasteiger partial charge in [-0.2, -0.15) is 5.26 Å². The van der Waals surface area contributed by atoms with Gasteiger partial charge < -0.3 is 14.2 Å². The molecule has 0 heterocycles. The van der Waals surface area contributed by atoms with Crippen molar-refractivity contribution < 1.29 is 23.8 Å². The molecule has 2 bridgehead atoms. The molecular weight excluding hydrogens is 406 g/mol. The molecule has 0 aromatic heterocycles. The summed E-state index contributed by atoms with van der Waals surface area (Å²) in [5.74, 6) is 0.104. The summed E-state index contributed by atoms with van der Waals surface area (Å²) in [6.45, 7) is 20.1. The SMILES string of the molecule is C=CC#N.C=CC(=O)OC(C)OCC.C=CC(=O)OCCCC.C=CC12C=CC(CC1)C2. The monoisotopic (exact) mass is 445 g/mol. The van der Waals surface area contributed by atoms with E-state index in [1.807, 2.05) is 13.8 Å². The Kier molecular flexibility index (Phi) is 19.6. The molecule has 178 valence electrons. The maximum Gasteiger partial charge on any atom is 0.332 e. The van der Waals surface area contributed by atoms with E-state index >= 15 is 0 Å². The molecule has 2 rings (SSSR count). The van der Waals surface area contributed by atoms with Gasteiger partial charge in [0, 0.05) is 30.2 Å². The van der Waals surface area contributed by atoms with Crippen molar-refractivity contribution in [3.8, 4) is 6.07 Å². The first-order valence-corrected chi connectivity index (χ1v) is 10.8. The fourth-order valence-electron chi connectivity index (χ4n) is 2.90. The number of ether oxygens (including phenoxy) is 3. The third-order valence-corrected chi connectivity index (χ3v) is 4.58. The lowest BCUT2D eigenvalue weighted by molar-refractivity contribution is -0.167. The van der Waals surface area contributed by atoms with Gasteiger partial charge in [-0.25, -0.2) is 9.59 Å². The highest BCUT2D eigenvalue weighted by molar-refractivity contribution is 5.81. The van der Waals surface area contributed by atoms with Crippen molar-refractivity contribution >= 4 is 11.9 Å². The zero-order valence-electron chi connectivity index (χ0n) is 19.9. The molecule has 0 aliphatic heterocycles. The Morgan fingerprint density at radius 1 is 1.22 bits per heavy atom. The second kappa shape index (κ2) is 20.0. The van der Waals surface area contributed by atoms with E-state index in [0.29, 0.717) is 18.6 Å². The fourth-order valence-corrected chi connectivity index (χ4v) is 2.90. The van der Waals surface area contributed by atoms with Crippen LogP contribution in [0.1, 0.15) is 52.9 Å². The predicted octanol–water partition coefficient (Wildman–Crippen LogP) is 5.84. The zero-order valence-corrected chi connectivity index (χ0v) is 19.9. The van der Waals surface area contributed by atoms with Gasteiger partial charge in [-0.15, -0.1) is 6.58 Å². The molecule has 0 amide bonds. The van der Waals surface area contributed by atoms with Crippen molar-refractivity contribution in [2.24, 2.45) is 11.3 Å². The average molecular weight is 446 g/mol. The third kappa shape index (κ3) is 15.9. The number of fused-ring (bicyclic) bond motifs is 2. The minimum atomic E-state index is -0.476. The number of carbonyl (C=O) groups is 2. The standard InChI is InChI=1S/C9H12.C7H12O3.C7H12O2.C3H3N/c1-2-9-5-3-8(7-9)4-6-9;1-4-7(8)10-6(3)9-5-2;1-3-5-6-9-7(8)4-2;1-2-3-4/h2-3,5,8H,1,4,6-7H2;4,6H,1,5H2,2-3H3;4H,2-3,5-6H2,1H3;2H,1H2. The van der Waals surface area contributed by atoms with Crippen molar-refractivity contribution in [2.75, 3.05) is 13.2 Å². The van der Waals surface area contributed by atoms with Crippen LogP contribution in [-0.2, 0) is 23.8 Å². The lowest BCUT2D eigenvalue weighted by atomic mass is 9.88. The Morgan fingerprint density at radius 2 is 1.84 bits per heavy atom. The Bertz CT molecular complexity index is 662. The molecule has 3 atom stereocenters. The van der Waals surface area contributed by atoms with Gasteiger partial charge >= 0.3 is 11.9 Å². The maximum absolute atomic E-state index is 10.5. The normalized spacial score (nSPS) is 19.6. The van der Waals surface area contributed by atoms with Gasteiger partial charge in [-0.1, -0.05) is 51.3 Å². The molecular formula is C26H39NO5. The highest BCUT2D eigenvalue weighted by Gasteiger charge is 2.37. The van der Waals surface area contributed by atoms with Crippen LogP contribution in [0.15, 0.2) is 62.8 Å². The largest absolute Gasteiger partial charge is 0.463 e. The Morgan fingerprint density at radius 3 is 2.16 bits per heavy atom. The van der Waals surface area contributed by atoms with Crippen LogP contribution in [0.25, 0.3) is 0 Å². The Balaban J connectivity index is 0. The molecule has 0 spiro atoms. The summed E-state index contributed by atoms with van der Waals surface area (Å²) in [7, 11) is 0. The molecule has 32 heavy (non-hydrogen) atoms. The van der Waals surface area contributed by atoms with Crippen LogP contribution in [0.4, 0.5) is 0 Å². The van der Waals surface area contributed by atoms with E-state index in [0.717, 1.165) is 24.8 Å². The van der Waals surface area contributed by atoms with Gasteiger partial charge in [0.2, 0.25) is 0 Å². The van der Waals surface area contributed by atoms with Crippen molar-refractivity contribution in [2.45, 2.75) is 59.2 Å². The van der Waals surface area contributed by atoms with Crippen molar-refractivity contribution in [3.63, 3.8) is 0 Å². The Hall–Kier alpha value is -2.91. The quantitative estimate of drug-likeness (QED) is 0.111. The number of hydrogen-bond acceptors (Lipinski definition) is 6. The first kappa shape index (κ1) is 31.3. The number of allylic oxidation sites excluding steroid dienone is 4. The van der Waals surface area contributed by atoms with E-state index in [9.17, 15) is 9.59 Å². The fraction of sp³-hybridized carbons (Fsp3) is 0.500. The van der Waals surface area contributed by atoms with E-state index in [2.05, 4.69) is 54.0 Å². The molecule has 6 heteroatoms. The van der Waals surface area contributed by atoms with Crippen molar-refractivity contribution in [1.82, 2.24) is 0 Å². The topological polar surface area (TPSA) is 85.6 Å². The molecule has 0 saturated heterocycles. The minimum absolute atomic E-state index is 0.330. The van der Waals surface area contributed by atoms with Gasteiger partial charge in [-0.3, -0.25) is 0 Å². The predicted molar refractivity (Wildman–Crippen MR) is 128 cm³/mol. The van der Waals surface area contributed by atoms with E-state index in [1.54, 1.807) is 13.0 Å². The summed E-state index contributed by atoms with van der Waals surface area (Å²) in [6.07, 6.45) is 15.9. The molecule has 2 aliphatic carbocycles. The summed E-state index contributed by atoms with van der Waals surface area (Å²) in [4.78, 5) is 20.8. The molecule has 2 aliphatic rings. The van der Waals surface area contributed by atoms with Gasteiger partial charge in [0.1, 0.15) is 0 Å². The van der Waals surface area contributed by atoms with Gasteiger partial charge in [-0.05, 0) is 45.4 Å². The van der Waals surface area contributed by atoms with Crippen LogP contribution >= 0.6 is 0 Å². The first-order chi connectivity index (χ1) is 15.3. The average Bonchev–Trinajstić information content (AvgIpc) is 3.42. The lowest BCUT2D eigenvalue weighted by Crippen LogP contribution is -2.16. The number of nitriles is 1. The van der Waals surface area contributed by atoms with Gasteiger partial charge in [0.15, 0.2) is 6.29 Å². The number of carbonyl (C=O) groups excluding carboxylic acids is 2. The van der Waals surface area contributed by atoms with E-state index < -0.39 is 12.3 Å². The minimum Gasteiger partial charge on any atom is -0.463 e. The molecule has 0 aromatic carbocycles. The zero-order chi connectivity index (χ0) is 24.8. The number of rotatable bonds is 9. The smallest absolute Gasteiger partial charge is 0.332 e. The summed E-state index contributed by atoms with van der Waals surface area (Å²) in [5, 5.41) is 7.51. The maximum atomic E-state index is 10.5. The van der Waals surface area contributed by atoms with E-state index in [4.69, 9.17) is 10.00 Å². The van der Waals surface area contributed by atoms with Gasteiger partial charge in [0.05, 0.1) is 12.7 Å². The summed E-state index contributed by atoms with van der Waals surface area (Å²) in [5.41, 5.74) is 0.435. The number of nitrogens with zero attached hydrogens (tertiary/aromatic N) is 1. The third-order valence-electron chi connectivity index (χ3n) is 4.58. The van der Waals surface area contributed by atoms with E-state index in [-0.39, 0.29) is 5.97 Å². The van der Waals surface area contributed by atoms with Gasteiger partial charge in [0.25, 0.3) is 0 Å². The van der Waals surface area contributed by atoms with Crippen LogP contribution in [0, 0.1) is 22.7 Å². The molecule has 0 N–H and O–H groups in total. The Labute approximate surface area is 193 Å². The molecule has 6 nitrogen and oxygen atoms in total. The second-order valence-electron chi connectivity index (χ2n) is 7.02. The molecule has 1 fully saturated rings. The highest BCUT2D eigenvalue weighted by Crippen LogP contribution is 2.49. The lowest BCUT2D eigenvalue weighted by Gasteiger charge is -2.16. The van der Waals surface area contributed by atoms with Crippen LogP contribution < -0.4 is 0 Å². The van der Waals surface area contributed by atoms with Crippen molar-refractivity contribution in [3.05, 3.63) is 62.8 Å². The number of unbranched alkanes of at least 4 members (excludes halogenated alkanes) is 1. The molecule has 1 saturated carbocycles. The molecule has 0 radical (unpaired) electrons. The van der Waals surface area contributed by atoms with Crippen LogP contribution in [-0.4, -0.2) is 31.4 Å².